The molecule has 0 heterocycles. The molecule has 1 aliphatic rings. The van der Waals surface area contributed by atoms with E-state index in [1.165, 1.54) is 84.4 Å². The van der Waals surface area contributed by atoms with Crippen LogP contribution in [0.5, 0.6) is 0 Å². The van der Waals surface area contributed by atoms with Crippen molar-refractivity contribution in [2.45, 2.75) is 72.6 Å². The van der Waals surface area contributed by atoms with Crippen molar-refractivity contribution < 1.29 is 49.0 Å². The summed E-state index contributed by atoms with van der Waals surface area (Å²) in [6, 6.07) is 26.9. The van der Waals surface area contributed by atoms with Crippen LogP contribution in [0.2, 0.25) is 0 Å². The molecule has 0 bridgehead atoms. The van der Waals surface area contributed by atoms with Gasteiger partial charge in [-0.2, -0.15) is 6.08 Å². The van der Waals surface area contributed by atoms with Gasteiger partial charge in [0.25, 0.3) is 0 Å². The van der Waals surface area contributed by atoms with Crippen LogP contribution in [-0.2, 0) is 35.1 Å². The Hall–Kier alpha value is -2.18. The molecule has 0 atom stereocenters. The zero-order chi connectivity index (χ0) is 29.1. The maximum atomic E-state index is 2.99. The zero-order valence-electron chi connectivity index (χ0n) is 26.2. The molecule has 3 heteroatoms. The summed E-state index contributed by atoms with van der Waals surface area (Å²) >= 11 is 1.46. The Morgan fingerprint density at radius 1 is 0.714 bits per heavy atom. The number of fused-ring (bicyclic) bond motifs is 4. The average Bonchev–Trinajstić information content (AvgIpc) is 3.58. The minimum atomic E-state index is 0. The van der Waals surface area contributed by atoms with E-state index in [9.17, 15) is 0 Å². The Kier molecular flexibility index (Phi) is 12.9. The van der Waals surface area contributed by atoms with E-state index in [1.54, 1.807) is 0 Å². The first kappa shape index (κ1) is 36.0. The third-order valence-electron chi connectivity index (χ3n) is 7.54. The van der Waals surface area contributed by atoms with Crippen LogP contribution in [0, 0.1) is 19.9 Å². The van der Waals surface area contributed by atoms with Gasteiger partial charge in [0.15, 0.2) is 0 Å². The molecule has 1 aliphatic carbocycles. The predicted molar refractivity (Wildman–Crippen MR) is 175 cm³/mol. The molecule has 0 nitrogen and oxygen atoms in total. The fourth-order valence-electron chi connectivity index (χ4n) is 5.59. The van der Waals surface area contributed by atoms with Crippen LogP contribution in [0.25, 0.3) is 32.3 Å². The van der Waals surface area contributed by atoms with Gasteiger partial charge >= 0.3 is 86.7 Å². The summed E-state index contributed by atoms with van der Waals surface area (Å²) in [5.74, 6) is 0. The summed E-state index contributed by atoms with van der Waals surface area (Å²) in [5.41, 5.74) is 7.39. The van der Waals surface area contributed by atoms with E-state index in [0.717, 1.165) is 6.42 Å². The molecule has 42 heavy (non-hydrogen) atoms. The molecule has 0 aromatic heterocycles. The van der Waals surface area contributed by atoms with Crippen molar-refractivity contribution in [3.8, 4) is 0 Å². The van der Waals surface area contributed by atoms with E-state index >= 15 is 0 Å². The van der Waals surface area contributed by atoms with Gasteiger partial charge in [0.1, 0.15) is 0 Å². The molecule has 0 unspecified atom stereocenters. The van der Waals surface area contributed by atoms with Crippen LogP contribution in [0.1, 0.15) is 75.8 Å². The Labute approximate surface area is 280 Å². The van der Waals surface area contributed by atoms with Gasteiger partial charge in [0, 0.05) is 0 Å². The van der Waals surface area contributed by atoms with Gasteiger partial charge in [0.05, 0.1) is 0 Å². The SMILES string of the molecule is Cc1cc2[cH-]c3cc(C)c(C(C)(C)C)cc3c2cc1C(C)(C)C.[C-]1=CC=CC1.[Cl-].[Cl-].[Zr+2]=[CH]c1ccc2ccccc2c1. The van der Waals surface area contributed by atoms with Crippen molar-refractivity contribution in [1.29, 1.82) is 0 Å². The second-order valence-corrected chi connectivity index (χ2v) is 13.6. The van der Waals surface area contributed by atoms with E-state index in [0.29, 0.717) is 0 Å². The summed E-state index contributed by atoms with van der Waals surface area (Å²) in [6.45, 7) is 18.3. The average molecular weight is 673 g/mol. The van der Waals surface area contributed by atoms with Gasteiger partial charge in [-0.05, 0) is 24.7 Å². The first-order chi connectivity index (χ1) is 18.9. The number of rotatable bonds is 1. The van der Waals surface area contributed by atoms with Crippen LogP contribution in [0.4, 0.5) is 0 Å². The first-order valence-electron chi connectivity index (χ1n) is 14.2. The second-order valence-electron chi connectivity index (χ2n) is 12.9. The number of benzene rings is 4. The molecule has 0 amide bonds. The van der Waals surface area contributed by atoms with Crippen LogP contribution < -0.4 is 24.8 Å². The molecule has 0 saturated heterocycles. The van der Waals surface area contributed by atoms with Crippen LogP contribution in [-0.4, -0.2) is 3.71 Å². The van der Waals surface area contributed by atoms with Gasteiger partial charge in [-0.25, -0.2) is 12.2 Å². The third-order valence-corrected chi connectivity index (χ3v) is 8.36. The Morgan fingerprint density at radius 3 is 1.64 bits per heavy atom. The minimum absolute atomic E-state index is 0. The van der Waals surface area contributed by atoms with Crippen molar-refractivity contribution in [3.63, 3.8) is 0 Å². The first-order valence-corrected chi connectivity index (χ1v) is 15.7. The summed E-state index contributed by atoms with van der Waals surface area (Å²) in [5, 5.41) is 8.20. The topological polar surface area (TPSA) is 0 Å². The summed E-state index contributed by atoms with van der Waals surface area (Å²) in [6.07, 6.45) is 10.0. The third kappa shape index (κ3) is 8.69. The normalized spacial score (nSPS) is 12.2. The molecule has 0 radical (unpaired) electrons. The predicted octanol–water partition coefficient (Wildman–Crippen LogP) is 4.77. The van der Waals surface area contributed by atoms with E-state index in [-0.39, 0.29) is 35.6 Å². The van der Waals surface area contributed by atoms with Crippen molar-refractivity contribution >= 4 is 36.0 Å². The van der Waals surface area contributed by atoms with E-state index in [2.05, 4.69) is 144 Å². The number of aryl methyl sites for hydroxylation is 2. The van der Waals surface area contributed by atoms with Crippen molar-refractivity contribution in [3.05, 3.63) is 125 Å². The molecule has 0 spiro atoms. The molecule has 0 saturated carbocycles. The number of hydrogen-bond donors (Lipinski definition) is 0. The van der Waals surface area contributed by atoms with E-state index in [1.807, 2.05) is 12.2 Å². The van der Waals surface area contributed by atoms with Crippen LogP contribution >= 0.6 is 0 Å². The molecule has 5 aromatic carbocycles. The van der Waals surface area contributed by atoms with Crippen molar-refractivity contribution in [1.82, 2.24) is 0 Å². The number of allylic oxidation sites excluding steroid dienone is 4. The number of halogens is 2. The zero-order valence-corrected chi connectivity index (χ0v) is 30.2. The molecule has 5 aromatic rings. The quantitative estimate of drug-likeness (QED) is 0.225. The van der Waals surface area contributed by atoms with Crippen LogP contribution in [0.3, 0.4) is 0 Å². The molecular weight excluding hydrogens is 631 g/mol. The number of hydrogen-bond acceptors (Lipinski definition) is 0. The maximum absolute atomic E-state index is 2.99. The fraction of sp³-hybridized carbons (Fsp3) is 0.282. The van der Waals surface area contributed by atoms with Crippen molar-refractivity contribution in [2.75, 3.05) is 0 Å². The summed E-state index contributed by atoms with van der Waals surface area (Å²) in [7, 11) is 0. The second kappa shape index (κ2) is 15.0. The van der Waals surface area contributed by atoms with Gasteiger partial charge in [-0.3, -0.25) is 6.08 Å². The van der Waals surface area contributed by atoms with Crippen LogP contribution in [0.15, 0.2) is 91.0 Å². The molecule has 218 valence electrons. The van der Waals surface area contributed by atoms with Gasteiger partial charge in [-0.1, -0.05) is 75.9 Å². The Balaban J connectivity index is 0.000000270. The van der Waals surface area contributed by atoms with E-state index < -0.39 is 0 Å². The van der Waals surface area contributed by atoms with Gasteiger partial charge < -0.3 is 24.8 Å². The molecule has 0 fully saturated rings. The van der Waals surface area contributed by atoms with Gasteiger partial charge in [0.2, 0.25) is 0 Å². The Morgan fingerprint density at radius 2 is 1.24 bits per heavy atom. The standard InChI is InChI=1S/C23H29.C11H8.C5H5.2ClH.Zr/c1-14-9-16-11-17-10-15(2)21(23(6,7)8)13-19(17)18(16)12-20(14)22(3,4)5;1-9-6-7-10-4-2-3-5-11(10)8-9;1-2-4-5-3-1;;;/h9-13H,1-8H3;1-8H;1-3H,4H2;2*1H;/q-1;;-1;;;+2/p-2. The van der Waals surface area contributed by atoms with Gasteiger partial charge in [-0.15, -0.1) is 46.2 Å². The van der Waals surface area contributed by atoms with E-state index in [4.69, 9.17) is 0 Å². The molecule has 0 N–H and O–H groups in total. The fourth-order valence-corrected chi connectivity index (χ4v) is 6.03. The van der Waals surface area contributed by atoms with Crippen molar-refractivity contribution in [2.24, 2.45) is 0 Å². The molecular formula is C39H42Cl2Zr-2. The Bertz CT molecular complexity index is 1640. The summed E-state index contributed by atoms with van der Waals surface area (Å²) < 4.78 is 2.21. The molecule has 0 aliphatic heterocycles. The molecule has 6 rings (SSSR count). The summed E-state index contributed by atoms with van der Waals surface area (Å²) in [4.78, 5) is 0. The monoisotopic (exact) mass is 670 g/mol.